The number of nitrogens with two attached hydrogens (primary N) is 1. The fraction of sp³-hybridized carbons (Fsp3) is 0.462. The summed E-state index contributed by atoms with van der Waals surface area (Å²) in [6.45, 7) is 0. The highest BCUT2D eigenvalue weighted by Gasteiger charge is 2.22. The second-order valence-corrected chi connectivity index (χ2v) is 3.68. The van der Waals surface area contributed by atoms with E-state index in [9.17, 15) is 4.79 Å². The maximum absolute atomic E-state index is 11.6. The Hall–Kier alpha value is -1.15. The van der Waals surface area contributed by atoms with E-state index in [1.54, 1.807) is 0 Å². The number of carbonyl (C=O) groups excluding carboxylic acids is 1. The molecular weight excluding hydrogens is 186 g/mol. The Labute approximate surface area is 91.5 Å². The molecule has 0 bridgehead atoms. The number of Topliss-reactive ketones (excluding diaryl/α,β-unsaturated/α-hetero) is 1. The summed E-state index contributed by atoms with van der Waals surface area (Å²) < 4.78 is 0. The third-order valence-corrected chi connectivity index (χ3v) is 2.76. The second-order valence-electron chi connectivity index (χ2n) is 3.68. The van der Waals surface area contributed by atoms with Crippen molar-refractivity contribution in [3.8, 4) is 0 Å². The van der Waals surface area contributed by atoms with Crippen LogP contribution in [0.2, 0.25) is 0 Å². The molecule has 0 aliphatic heterocycles. The molecule has 2 nitrogen and oxygen atoms in total. The average Bonchev–Trinajstić information content (AvgIpc) is 2.33. The van der Waals surface area contributed by atoms with E-state index in [4.69, 9.17) is 0 Å². The van der Waals surface area contributed by atoms with E-state index in [2.05, 4.69) is 17.9 Å². The molecule has 15 heavy (non-hydrogen) atoms. The van der Waals surface area contributed by atoms with Crippen LogP contribution in [0.25, 0.3) is 0 Å². The number of benzene rings is 1. The molecule has 1 aliphatic carbocycles. The van der Waals surface area contributed by atoms with E-state index < -0.39 is 0 Å². The molecule has 0 radical (unpaired) electrons. The summed E-state index contributed by atoms with van der Waals surface area (Å²) in [6.07, 6.45) is 4.11. The molecular formula is C13H19NO. The minimum atomic E-state index is 0.190. The van der Waals surface area contributed by atoms with Gasteiger partial charge in [-0.3, -0.25) is 4.79 Å². The number of rotatable bonds is 1. The standard InChI is InChI=1S/C12H14O.CH5N/c13-12-9-5-4-8-11(12)10-6-2-1-3-7-10;1-2/h1-3,6-7,11H,4-5,8-9H2;2H2,1H3. The summed E-state index contributed by atoms with van der Waals surface area (Å²) in [6, 6.07) is 10.1. The predicted octanol–water partition coefficient (Wildman–Crippen LogP) is 2.49. The van der Waals surface area contributed by atoms with Crippen molar-refractivity contribution in [2.45, 2.75) is 31.6 Å². The lowest BCUT2D eigenvalue weighted by Gasteiger charge is -2.20. The third-order valence-electron chi connectivity index (χ3n) is 2.76. The van der Waals surface area contributed by atoms with Crippen LogP contribution in [0.1, 0.15) is 37.2 Å². The lowest BCUT2D eigenvalue weighted by Crippen LogP contribution is -2.16. The lowest BCUT2D eigenvalue weighted by molar-refractivity contribution is -0.121. The van der Waals surface area contributed by atoms with Crippen molar-refractivity contribution in [3.63, 3.8) is 0 Å². The van der Waals surface area contributed by atoms with Gasteiger partial charge in [-0.15, -0.1) is 0 Å². The Morgan fingerprint density at radius 3 is 2.40 bits per heavy atom. The molecule has 0 saturated heterocycles. The zero-order valence-electron chi connectivity index (χ0n) is 9.28. The van der Waals surface area contributed by atoms with Crippen LogP contribution < -0.4 is 5.73 Å². The van der Waals surface area contributed by atoms with Crippen LogP contribution in [0.4, 0.5) is 0 Å². The van der Waals surface area contributed by atoms with E-state index in [0.29, 0.717) is 5.78 Å². The first kappa shape index (κ1) is 11.9. The van der Waals surface area contributed by atoms with Gasteiger partial charge < -0.3 is 5.73 Å². The molecule has 1 saturated carbocycles. The molecule has 0 amide bonds. The van der Waals surface area contributed by atoms with E-state index in [0.717, 1.165) is 19.3 Å². The summed E-state index contributed by atoms with van der Waals surface area (Å²) in [5.41, 5.74) is 5.70. The van der Waals surface area contributed by atoms with Gasteiger partial charge in [-0.1, -0.05) is 36.8 Å². The first-order valence-electron chi connectivity index (χ1n) is 5.53. The Morgan fingerprint density at radius 2 is 1.80 bits per heavy atom. The fourth-order valence-corrected chi connectivity index (χ4v) is 2.02. The third kappa shape index (κ3) is 3.17. The Balaban J connectivity index is 0.000000531. The van der Waals surface area contributed by atoms with E-state index in [-0.39, 0.29) is 5.92 Å². The molecule has 1 atom stereocenters. The van der Waals surface area contributed by atoms with E-state index >= 15 is 0 Å². The number of carbonyl (C=O) groups is 1. The fourth-order valence-electron chi connectivity index (χ4n) is 2.02. The second kappa shape index (κ2) is 6.36. The number of ketones is 1. The highest BCUT2D eigenvalue weighted by atomic mass is 16.1. The Kier molecular flexibility index (Phi) is 5.05. The summed E-state index contributed by atoms with van der Waals surface area (Å²) >= 11 is 0. The highest BCUT2D eigenvalue weighted by Crippen LogP contribution is 2.29. The summed E-state index contributed by atoms with van der Waals surface area (Å²) in [7, 11) is 1.50. The first-order valence-corrected chi connectivity index (χ1v) is 5.53. The molecule has 2 rings (SSSR count). The summed E-state index contributed by atoms with van der Waals surface area (Å²) in [4.78, 5) is 11.6. The molecule has 1 unspecified atom stereocenters. The highest BCUT2D eigenvalue weighted by molar-refractivity contribution is 5.86. The number of hydrogen-bond donors (Lipinski definition) is 1. The van der Waals surface area contributed by atoms with Crippen LogP contribution in [0.3, 0.4) is 0 Å². The van der Waals surface area contributed by atoms with Gasteiger partial charge in [0.2, 0.25) is 0 Å². The topological polar surface area (TPSA) is 43.1 Å². The normalized spacial score (nSPS) is 20.4. The van der Waals surface area contributed by atoms with Gasteiger partial charge in [-0.2, -0.15) is 0 Å². The molecule has 1 aromatic carbocycles. The molecule has 2 N–H and O–H groups in total. The van der Waals surface area contributed by atoms with Crippen LogP contribution in [-0.2, 0) is 4.79 Å². The van der Waals surface area contributed by atoms with Gasteiger partial charge in [0.25, 0.3) is 0 Å². The van der Waals surface area contributed by atoms with Crippen LogP contribution in [0.15, 0.2) is 30.3 Å². The molecule has 0 spiro atoms. The van der Waals surface area contributed by atoms with Gasteiger partial charge in [0, 0.05) is 12.3 Å². The molecule has 0 heterocycles. The first-order chi connectivity index (χ1) is 7.38. The van der Waals surface area contributed by atoms with Gasteiger partial charge in [-0.05, 0) is 25.5 Å². The van der Waals surface area contributed by atoms with E-state index in [1.165, 1.54) is 19.0 Å². The molecule has 2 heteroatoms. The van der Waals surface area contributed by atoms with Crippen molar-refractivity contribution in [1.29, 1.82) is 0 Å². The van der Waals surface area contributed by atoms with Gasteiger partial charge >= 0.3 is 0 Å². The lowest BCUT2D eigenvalue weighted by atomic mass is 9.83. The summed E-state index contributed by atoms with van der Waals surface area (Å²) in [5, 5.41) is 0. The van der Waals surface area contributed by atoms with Crippen LogP contribution >= 0.6 is 0 Å². The molecule has 0 aromatic heterocycles. The maximum Gasteiger partial charge on any atom is 0.140 e. The molecule has 82 valence electrons. The van der Waals surface area contributed by atoms with Crippen molar-refractivity contribution in [2.24, 2.45) is 5.73 Å². The monoisotopic (exact) mass is 205 g/mol. The smallest absolute Gasteiger partial charge is 0.140 e. The van der Waals surface area contributed by atoms with Gasteiger partial charge in [0.1, 0.15) is 5.78 Å². The van der Waals surface area contributed by atoms with Crippen LogP contribution in [-0.4, -0.2) is 12.8 Å². The summed E-state index contributed by atoms with van der Waals surface area (Å²) in [5.74, 6) is 0.618. The predicted molar refractivity (Wildman–Crippen MR) is 62.8 cm³/mol. The molecule has 1 aromatic rings. The van der Waals surface area contributed by atoms with E-state index in [1.807, 2.05) is 18.2 Å². The molecule has 1 aliphatic rings. The maximum atomic E-state index is 11.6. The van der Waals surface area contributed by atoms with Crippen molar-refractivity contribution >= 4 is 5.78 Å². The SMILES string of the molecule is CN.O=C1CCCCC1c1ccccc1. The van der Waals surface area contributed by atoms with Gasteiger partial charge in [-0.25, -0.2) is 0 Å². The zero-order chi connectivity index (χ0) is 11.1. The minimum absolute atomic E-state index is 0.190. The van der Waals surface area contributed by atoms with Crippen molar-refractivity contribution in [1.82, 2.24) is 0 Å². The Morgan fingerprint density at radius 1 is 1.13 bits per heavy atom. The van der Waals surface area contributed by atoms with Gasteiger partial charge in [0.05, 0.1) is 0 Å². The Bertz CT molecular complexity index is 295. The van der Waals surface area contributed by atoms with Crippen LogP contribution in [0.5, 0.6) is 0 Å². The van der Waals surface area contributed by atoms with Gasteiger partial charge in [0.15, 0.2) is 0 Å². The van der Waals surface area contributed by atoms with Crippen LogP contribution in [0, 0.1) is 0 Å². The quantitative estimate of drug-likeness (QED) is 0.765. The average molecular weight is 205 g/mol. The minimum Gasteiger partial charge on any atom is -0.333 e. The van der Waals surface area contributed by atoms with Crippen molar-refractivity contribution < 1.29 is 4.79 Å². The zero-order valence-corrected chi connectivity index (χ0v) is 9.28. The molecule has 1 fully saturated rings. The largest absolute Gasteiger partial charge is 0.333 e. The van der Waals surface area contributed by atoms with Crippen molar-refractivity contribution in [2.75, 3.05) is 7.05 Å². The van der Waals surface area contributed by atoms with Crippen molar-refractivity contribution in [3.05, 3.63) is 35.9 Å². The number of hydrogen-bond acceptors (Lipinski definition) is 2.